The number of nitrogen functional groups attached to an aromatic ring is 1. The van der Waals surface area contributed by atoms with Crippen molar-refractivity contribution in [2.45, 2.75) is 6.04 Å². The molecule has 2 aromatic carbocycles. The van der Waals surface area contributed by atoms with Crippen molar-refractivity contribution in [1.82, 2.24) is 39.8 Å². The average molecular weight is 659 g/mol. The molecule has 14 heteroatoms. The van der Waals surface area contributed by atoms with Gasteiger partial charge in [-0.15, -0.1) is 0 Å². The standard InChI is InChI=1S/C28H32N8O3.C6H14N2O/c29-27-25-26(20-6-8-23(9-7-20)39-22-4-2-1-3-5-22)33-36(28(25)32-19-31-27)21-17-35(18-21)24(37)16-30-10-11-34-12-14-38-15-13-34;7-1-2-8-3-5-9-6-4-8/h1-9,19,21,30H,10-18H2,(H2,29,31,32);1-7H2. The molecule has 2 aromatic heterocycles. The summed E-state index contributed by atoms with van der Waals surface area (Å²) in [5.41, 5.74) is 13.9. The molecule has 5 heterocycles. The molecule has 3 saturated heterocycles. The Balaban J connectivity index is 0.000000388. The maximum Gasteiger partial charge on any atom is 0.236 e. The fraction of sp³-hybridized carbons (Fsp3) is 0.471. The third kappa shape index (κ3) is 8.64. The Morgan fingerprint density at radius 3 is 2.19 bits per heavy atom. The summed E-state index contributed by atoms with van der Waals surface area (Å²) in [6, 6.07) is 17.4. The molecule has 3 fully saturated rings. The van der Waals surface area contributed by atoms with Gasteiger partial charge in [0.25, 0.3) is 0 Å². The summed E-state index contributed by atoms with van der Waals surface area (Å²) in [6.45, 7) is 12.3. The predicted molar refractivity (Wildman–Crippen MR) is 184 cm³/mol. The average Bonchev–Trinajstić information content (AvgIpc) is 3.49. The van der Waals surface area contributed by atoms with Gasteiger partial charge in [-0.1, -0.05) is 18.2 Å². The summed E-state index contributed by atoms with van der Waals surface area (Å²) in [5.74, 6) is 1.97. The largest absolute Gasteiger partial charge is 0.457 e. The Labute approximate surface area is 280 Å². The molecule has 0 saturated carbocycles. The van der Waals surface area contributed by atoms with Gasteiger partial charge in [0.15, 0.2) is 5.65 Å². The van der Waals surface area contributed by atoms with Gasteiger partial charge in [-0.3, -0.25) is 14.6 Å². The van der Waals surface area contributed by atoms with Crippen LogP contribution in [0.25, 0.3) is 22.3 Å². The number of carbonyl (C=O) groups is 1. The van der Waals surface area contributed by atoms with Crippen molar-refractivity contribution >= 4 is 22.8 Å². The van der Waals surface area contributed by atoms with Gasteiger partial charge in [0.2, 0.25) is 5.91 Å². The molecule has 7 rings (SSSR count). The van der Waals surface area contributed by atoms with Crippen molar-refractivity contribution in [2.24, 2.45) is 5.73 Å². The maximum atomic E-state index is 12.7. The number of nitrogens with zero attached hydrogens (tertiary/aromatic N) is 7. The van der Waals surface area contributed by atoms with Gasteiger partial charge in [-0.2, -0.15) is 5.10 Å². The zero-order valence-corrected chi connectivity index (χ0v) is 27.4. The monoisotopic (exact) mass is 658 g/mol. The summed E-state index contributed by atoms with van der Waals surface area (Å²) in [6.07, 6.45) is 1.45. The van der Waals surface area contributed by atoms with E-state index in [1.54, 1.807) is 0 Å². The number of likely N-dealkylation sites (tertiary alicyclic amines) is 1. The number of benzene rings is 2. The van der Waals surface area contributed by atoms with Gasteiger partial charge in [0, 0.05) is 71.0 Å². The Hall–Kier alpha value is -4.18. The van der Waals surface area contributed by atoms with E-state index in [1.165, 1.54) is 6.33 Å². The minimum absolute atomic E-state index is 0.0218. The zero-order chi connectivity index (χ0) is 33.1. The van der Waals surface area contributed by atoms with Crippen LogP contribution in [-0.4, -0.2) is 139 Å². The SMILES string of the molecule is NCCN1CCOCC1.Nc1ncnc2c1c(-c1ccc(Oc3ccccc3)cc1)nn2C1CN(C(=O)CNCCN2CCOCC2)C1. The van der Waals surface area contributed by atoms with E-state index in [4.69, 9.17) is 30.8 Å². The van der Waals surface area contributed by atoms with Crippen LogP contribution in [0.15, 0.2) is 60.9 Å². The lowest BCUT2D eigenvalue weighted by molar-refractivity contribution is -0.136. The molecular weight excluding hydrogens is 612 g/mol. The molecule has 3 aliphatic rings. The molecular formula is C34H46N10O4. The van der Waals surface area contributed by atoms with Gasteiger partial charge in [0.05, 0.1) is 44.4 Å². The normalized spacial score (nSPS) is 17.5. The van der Waals surface area contributed by atoms with E-state index in [-0.39, 0.29) is 11.9 Å². The molecule has 5 N–H and O–H groups in total. The number of nitrogens with one attached hydrogen (secondary N) is 1. The number of hydrogen-bond acceptors (Lipinski definition) is 12. The van der Waals surface area contributed by atoms with Crippen LogP contribution in [0.1, 0.15) is 6.04 Å². The highest BCUT2D eigenvalue weighted by atomic mass is 16.5. The number of fused-ring (bicyclic) bond motifs is 1. The number of anilines is 1. The van der Waals surface area contributed by atoms with Gasteiger partial charge < -0.3 is 35.9 Å². The Morgan fingerprint density at radius 1 is 0.875 bits per heavy atom. The molecule has 0 aliphatic carbocycles. The molecule has 14 nitrogen and oxygen atoms in total. The molecule has 0 atom stereocenters. The number of carbonyl (C=O) groups excluding carboxylic acids is 1. The first-order chi connectivity index (χ1) is 23.6. The number of morpholine rings is 2. The molecule has 1 amide bonds. The van der Waals surface area contributed by atoms with Crippen LogP contribution in [-0.2, 0) is 14.3 Å². The number of nitrogens with two attached hydrogens (primary N) is 2. The molecule has 48 heavy (non-hydrogen) atoms. The van der Waals surface area contributed by atoms with Crippen molar-refractivity contribution in [1.29, 1.82) is 0 Å². The lowest BCUT2D eigenvalue weighted by atomic mass is 10.1. The van der Waals surface area contributed by atoms with Gasteiger partial charge in [-0.25, -0.2) is 14.6 Å². The number of ether oxygens (including phenoxy) is 3. The third-order valence-electron chi connectivity index (χ3n) is 8.72. The second-order valence-corrected chi connectivity index (χ2v) is 12.0. The molecule has 0 unspecified atom stereocenters. The molecule has 4 aromatic rings. The van der Waals surface area contributed by atoms with Gasteiger partial charge >= 0.3 is 0 Å². The van der Waals surface area contributed by atoms with E-state index in [0.717, 1.165) is 95.8 Å². The van der Waals surface area contributed by atoms with Crippen LogP contribution in [0.4, 0.5) is 5.82 Å². The molecule has 0 radical (unpaired) electrons. The lowest BCUT2D eigenvalue weighted by Crippen LogP contribution is -2.53. The smallest absolute Gasteiger partial charge is 0.236 e. The van der Waals surface area contributed by atoms with E-state index in [9.17, 15) is 4.79 Å². The summed E-state index contributed by atoms with van der Waals surface area (Å²) in [4.78, 5) is 27.9. The third-order valence-corrected chi connectivity index (χ3v) is 8.72. The lowest BCUT2D eigenvalue weighted by Gasteiger charge is -2.39. The maximum absolute atomic E-state index is 12.7. The van der Waals surface area contributed by atoms with Crippen LogP contribution in [0.5, 0.6) is 11.5 Å². The van der Waals surface area contributed by atoms with Crippen molar-refractivity contribution in [2.75, 3.05) is 104 Å². The van der Waals surface area contributed by atoms with Gasteiger partial charge in [-0.05, 0) is 36.4 Å². The first-order valence-corrected chi connectivity index (χ1v) is 16.7. The van der Waals surface area contributed by atoms with Crippen LogP contribution in [0.3, 0.4) is 0 Å². The second-order valence-electron chi connectivity index (χ2n) is 12.0. The number of rotatable bonds is 11. The molecule has 3 aliphatic heterocycles. The predicted octanol–water partition coefficient (Wildman–Crippen LogP) is 1.45. The minimum atomic E-state index is 0.0218. The van der Waals surface area contributed by atoms with Crippen LogP contribution >= 0.6 is 0 Å². The minimum Gasteiger partial charge on any atom is -0.457 e. The summed E-state index contributed by atoms with van der Waals surface area (Å²) >= 11 is 0. The zero-order valence-electron chi connectivity index (χ0n) is 27.4. The highest BCUT2D eigenvalue weighted by molar-refractivity contribution is 5.98. The molecule has 0 spiro atoms. The fourth-order valence-corrected chi connectivity index (χ4v) is 5.95. The van der Waals surface area contributed by atoms with E-state index < -0.39 is 0 Å². The number of amides is 1. The topological polar surface area (TPSA) is 162 Å². The van der Waals surface area contributed by atoms with Crippen LogP contribution in [0, 0.1) is 0 Å². The number of para-hydroxylation sites is 1. The van der Waals surface area contributed by atoms with E-state index in [2.05, 4.69) is 25.1 Å². The van der Waals surface area contributed by atoms with Crippen molar-refractivity contribution in [3.63, 3.8) is 0 Å². The second kappa shape index (κ2) is 16.8. The quantitative estimate of drug-likeness (QED) is 0.199. The number of aromatic nitrogens is 4. The van der Waals surface area contributed by atoms with Crippen molar-refractivity contribution in [3.05, 3.63) is 60.9 Å². The molecule has 0 bridgehead atoms. The van der Waals surface area contributed by atoms with E-state index >= 15 is 0 Å². The summed E-state index contributed by atoms with van der Waals surface area (Å²) in [7, 11) is 0. The van der Waals surface area contributed by atoms with Crippen molar-refractivity contribution in [3.8, 4) is 22.8 Å². The van der Waals surface area contributed by atoms with E-state index in [1.807, 2.05) is 64.2 Å². The number of hydrogen-bond donors (Lipinski definition) is 3. The highest BCUT2D eigenvalue weighted by Crippen LogP contribution is 2.34. The highest BCUT2D eigenvalue weighted by Gasteiger charge is 2.34. The van der Waals surface area contributed by atoms with Crippen LogP contribution < -0.4 is 21.5 Å². The van der Waals surface area contributed by atoms with Gasteiger partial charge in [0.1, 0.15) is 29.3 Å². The Morgan fingerprint density at radius 2 is 1.52 bits per heavy atom. The van der Waals surface area contributed by atoms with Crippen LogP contribution in [0.2, 0.25) is 0 Å². The summed E-state index contributed by atoms with van der Waals surface area (Å²) in [5, 5.41) is 8.89. The Bertz CT molecular complexity index is 1580. The fourth-order valence-electron chi connectivity index (χ4n) is 5.95. The molecule has 256 valence electrons. The first-order valence-electron chi connectivity index (χ1n) is 16.7. The summed E-state index contributed by atoms with van der Waals surface area (Å²) < 4.78 is 18.3. The van der Waals surface area contributed by atoms with Crippen molar-refractivity contribution < 1.29 is 19.0 Å². The Kier molecular flexibility index (Phi) is 11.8. The first kappa shape index (κ1) is 33.7. The van der Waals surface area contributed by atoms with E-state index in [0.29, 0.717) is 42.2 Å².